The second kappa shape index (κ2) is 7.84. The Balaban J connectivity index is 2.07. The summed E-state index contributed by atoms with van der Waals surface area (Å²) >= 11 is 0. The predicted molar refractivity (Wildman–Crippen MR) is 76.7 cm³/mol. The molecule has 22 heavy (non-hydrogen) atoms. The number of aryl methyl sites for hydroxylation is 1. The number of rotatable bonds is 7. The lowest BCUT2D eigenvalue weighted by atomic mass is 10.1. The Hall–Kier alpha value is -2.81. The van der Waals surface area contributed by atoms with Crippen molar-refractivity contribution >= 4 is 0 Å². The summed E-state index contributed by atoms with van der Waals surface area (Å²) in [6.45, 7) is 0.972. The van der Waals surface area contributed by atoms with Gasteiger partial charge in [-0.15, -0.1) is 5.10 Å². The van der Waals surface area contributed by atoms with E-state index >= 15 is 0 Å². The standard InChI is InChI=1S/C14H15N7O/c15-5-2-6-21-14(18-19-20-21)12-4-1-3-11(7-12)9-22-10-13(17)8-16/h1,3-4,7,13H,2,6,9-10,17H2/t13-/m1/s1. The number of aromatic nitrogens is 4. The zero-order valence-corrected chi connectivity index (χ0v) is 11.9. The molecule has 1 aromatic carbocycles. The maximum Gasteiger partial charge on any atom is 0.182 e. The summed E-state index contributed by atoms with van der Waals surface area (Å²) in [6.07, 6.45) is 0.340. The van der Waals surface area contributed by atoms with Crippen LogP contribution in [0.15, 0.2) is 24.3 Å². The van der Waals surface area contributed by atoms with E-state index in [1.54, 1.807) is 4.68 Å². The van der Waals surface area contributed by atoms with Crippen molar-refractivity contribution in [2.24, 2.45) is 5.73 Å². The highest BCUT2D eigenvalue weighted by Gasteiger charge is 2.09. The van der Waals surface area contributed by atoms with E-state index in [0.29, 0.717) is 25.4 Å². The average Bonchev–Trinajstić information content (AvgIpc) is 3.01. The summed E-state index contributed by atoms with van der Waals surface area (Å²) < 4.78 is 6.98. The highest BCUT2D eigenvalue weighted by Crippen LogP contribution is 2.18. The lowest BCUT2D eigenvalue weighted by Gasteiger charge is -2.07. The SMILES string of the molecule is N#CCCn1nnnc1-c1cccc(COC[C@H](N)C#N)c1. The number of benzene rings is 1. The van der Waals surface area contributed by atoms with Crippen LogP contribution >= 0.6 is 0 Å². The molecule has 0 amide bonds. The average molecular weight is 297 g/mol. The summed E-state index contributed by atoms with van der Waals surface area (Å²) in [5.74, 6) is 0.603. The van der Waals surface area contributed by atoms with Crippen LogP contribution in [0.4, 0.5) is 0 Å². The maximum absolute atomic E-state index is 8.65. The van der Waals surface area contributed by atoms with Crippen molar-refractivity contribution < 1.29 is 4.74 Å². The van der Waals surface area contributed by atoms with Crippen LogP contribution in [0.25, 0.3) is 11.4 Å². The van der Waals surface area contributed by atoms with E-state index in [1.165, 1.54) is 0 Å². The molecule has 1 atom stereocenters. The molecule has 0 saturated heterocycles. The largest absolute Gasteiger partial charge is 0.374 e. The number of hydrogen-bond acceptors (Lipinski definition) is 7. The van der Waals surface area contributed by atoms with Gasteiger partial charge in [0.15, 0.2) is 5.82 Å². The van der Waals surface area contributed by atoms with Gasteiger partial charge in [-0.1, -0.05) is 18.2 Å². The first-order chi connectivity index (χ1) is 10.7. The van der Waals surface area contributed by atoms with Gasteiger partial charge in [0.25, 0.3) is 0 Å². The van der Waals surface area contributed by atoms with Crippen molar-refractivity contribution in [2.45, 2.75) is 25.6 Å². The monoisotopic (exact) mass is 297 g/mol. The summed E-state index contributed by atoms with van der Waals surface area (Å²) in [5, 5.41) is 28.8. The van der Waals surface area contributed by atoms with Crippen molar-refractivity contribution in [2.75, 3.05) is 6.61 Å². The van der Waals surface area contributed by atoms with Crippen LogP contribution in [-0.4, -0.2) is 32.9 Å². The Morgan fingerprint density at radius 2 is 2.23 bits per heavy atom. The fourth-order valence-corrected chi connectivity index (χ4v) is 1.86. The lowest BCUT2D eigenvalue weighted by Crippen LogP contribution is -2.23. The van der Waals surface area contributed by atoms with Crippen LogP contribution in [0.5, 0.6) is 0 Å². The molecule has 0 aliphatic carbocycles. The molecule has 2 rings (SSSR count). The Morgan fingerprint density at radius 1 is 1.36 bits per heavy atom. The Morgan fingerprint density at radius 3 is 3.00 bits per heavy atom. The number of nitrogens with zero attached hydrogens (tertiary/aromatic N) is 6. The minimum Gasteiger partial charge on any atom is -0.374 e. The van der Waals surface area contributed by atoms with Gasteiger partial charge in [0.1, 0.15) is 6.04 Å². The molecule has 0 bridgehead atoms. The van der Waals surface area contributed by atoms with Gasteiger partial charge in [0.2, 0.25) is 0 Å². The highest BCUT2D eigenvalue weighted by molar-refractivity contribution is 5.55. The van der Waals surface area contributed by atoms with Crippen LogP contribution in [0.3, 0.4) is 0 Å². The van der Waals surface area contributed by atoms with Crippen molar-refractivity contribution in [3.63, 3.8) is 0 Å². The van der Waals surface area contributed by atoms with Gasteiger partial charge in [0.05, 0.1) is 38.3 Å². The third-order valence-electron chi connectivity index (χ3n) is 2.88. The summed E-state index contributed by atoms with van der Waals surface area (Å²) in [5.41, 5.74) is 7.24. The van der Waals surface area contributed by atoms with E-state index < -0.39 is 6.04 Å². The topological polar surface area (TPSA) is 126 Å². The minimum absolute atomic E-state index is 0.181. The fraction of sp³-hybridized carbons (Fsp3) is 0.357. The molecule has 0 fully saturated rings. The van der Waals surface area contributed by atoms with Crippen molar-refractivity contribution in [3.05, 3.63) is 29.8 Å². The van der Waals surface area contributed by atoms with E-state index in [1.807, 2.05) is 30.3 Å². The van der Waals surface area contributed by atoms with Gasteiger partial charge in [0, 0.05) is 5.56 Å². The van der Waals surface area contributed by atoms with Crippen LogP contribution < -0.4 is 5.73 Å². The Labute approximate surface area is 127 Å². The molecule has 8 heteroatoms. The van der Waals surface area contributed by atoms with Gasteiger partial charge in [-0.2, -0.15) is 10.5 Å². The van der Waals surface area contributed by atoms with E-state index in [-0.39, 0.29) is 6.61 Å². The molecule has 0 saturated carbocycles. The van der Waals surface area contributed by atoms with Gasteiger partial charge in [-0.25, -0.2) is 4.68 Å². The van der Waals surface area contributed by atoms with E-state index in [4.69, 9.17) is 21.0 Å². The van der Waals surface area contributed by atoms with Gasteiger partial charge in [-0.3, -0.25) is 0 Å². The molecule has 1 aromatic heterocycles. The molecular weight excluding hydrogens is 282 g/mol. The molecule has 112 valence electrons. The molecule has 0 radical (unpaired) electrons. The smallest absolute Gasteiger partial charge is 0.182 e. The lowest BCUT2D eigenvalue weighted by molar-refractivity contribution is 0.117. The van der Waals surface area contributed by atoms with E-state index in [0.717, 1.165) is 11.1 Å². The fourth-order valence-electron chi connectivity index (χ4n) is 1.86. The van der Waals surface area contributed by atoms with Gasteiger partial charge < -0.3 is 10.5 Å². The van der Waals surface area contributed by atoms with Gasteiger partial charge in [-0.05, 0) is 22.1 Å². The van der Waals surface area contributed by atoms with Gasteiger partial charge >= 0.3 is 0 Å². The first-order valence-corrected chi connectivity index (χ1v) is 6.70. The van der Waals surface area contributed by atoms with Crippen LogP contribution in [-0.2, 0) is 17.9 Å². The zero-order valence-electron chi connectivity index (χ0n) is 11.9. The zero-order chi connectivity index (χ0) is 15.8. The van der Waals surface area contributed by atoms with Crippen LogP contribution in [0.1, 0.15) is 12.0 Å². The number of nitrogens with two attached hydrogens (primary N) is 1. The van der Waals surface area contributed by atoms with Crippen molar-refractivity contribution in [1.82, 2.24) is 20.2 Å². The molecule has 1 heterocycles. The first kappa shape index (κ1) is 15.6. The number of ether oxygens (including phenoxy) is 1. The minimum atomic E-state index is -0.624. The summed E-state index contributed by atoms with van der Waals surface area (Å²) in [4.78, 5) is 0. The summed E-state index contributed by atoms with van der Waals surface area (Å²) in [7, 11) is 0. The number of nitriles is 2. The second-order valence-corrected chi connectivity index (χ2v) is 4.58. The molecule has 0 aliphatic heterocycles. The van der Waals surface area contributed by atoms with Crippen molar-refractivity contribution in [3.8, 4) is 23.5 Å². The third kappa shape index (κ3) is 4.09. The molecule has 2 N–H and O–H groups in total. The number of tetrazole rings is 1. The third-order valence-corrected chi connectivity index (χ3v) is 2.88. The Bertz CT molecular complexity index is 698. The van der Waals surface area contributed by atoms with E-state index in [2.05, 4.69) is 21.6 Å². The van der Waals surface area contributed by atoms with Crippen molar-refractivity contribution in [1.29, 1.82) is 10.5 Å². The molecule has 0 unspecified atom stereocenters. The quantitative estimate of drug-likeness (QED) is 0.793. The van der Waals surface area contributed by atoms with Crippen LogP contribution in [0, 0.1) is 22.7 Å². The highest BCUT2D eigenvalue weighted by atomic mass is 16.5. The van der Waals surface area contributed by atoms with Crippen LogP contribution in [0.2, 0.25) is 0 Å². The summed E-state index contributed by atoms with van der Waals surface area (Å²) in [6, 6.07) is 10.9. The molecule has 2 aromatic rings. The maximum atomic E-state index is 8.65. The molecule has 0 aliphatic rings. The normalized spacial score (nSPS) is 11.6. The molecule has 0 spiro atoms. The Kier molecular flexibility index (Phi) is 5.55. The number of hydrogen-bond donors (Lipinski definition) is 1. The predicted octanol–water partition coefficient (Wildman–Crippen LogP) is 0.621. The molecular formula is C14H15N7O. The van der Waals surface area contributed by atoms with E-state index in [9.17, 15) is 0 Å². The second-order valence-electron chi connectivity index (χ2n) is 4.58. The molecule has 8 nitrogen and oxygen atoms in total. The first-order valence-electron chi connectivity index (χ1n) is 6.70.